The van der Waals surface area contributed by atoms with E-state index in [0.717, 1.165) is 44.9 Å². The number of nitrogens with one attached hydrogen (secondary N) is 1. The fourth-order valence-corrected chi connectivity index (χ4v) is 7.68. The molecule has 0 aliphatic heterocycles. The number of unbranched alkanes of at least 4 members (excludes halogenated alkanes) is 27. The Morgan fingerprint density at radius 3 is 1.33 bits per heavy atom. The Kier molecular flexibility index (Phi) is 43.8. The third-order valence-electron chi connectivity index (χ3n) is 10.6. The van der Waals surface area contributed by atoms with Crippen LogP contribution in [0.4, 0.5) is 0 Å². The molecule has 0 bridgehead atoms. The summed E-state index contributed by atoms with van der Waals surface area (Å²) < 4.78 is 22.2. The summed E-state index contributed by atoms with van der Waals surface area (Å²) in [5.41, 5.74) is 5.38. The van der Waals surface area contributed by atoms with Crippen LogP contribution in [0.3, 0.4) is 0 Å². The van der Waals surface area contributed by atoms with Gasteiger partial charge in [-0.3, -0.25) is 13.8 Å². The van der Waals surface area contributed by atoms with Gasteiger partial charge in [-0.1, -0.05) is 197 Å². The van der Waals surface area contributed by atoms with Crippen molar-refractivity contribution in [3.05, 3.63) is 48.6 Å². The highest BCUT2D eigenvalue weighted by Gasteiger charge is 2.26. The molecular formula is C49H93N2O6P. The van der Waals surface area contributed by atoms with Crippen LogP contribution in [-0.2, 0) is 18.4 Å². The van der Waals surface area contributed by atoms with E-state index >= 15 is 0 Å². The van der Waals surface area contributed by atoms with Crippen molar-refractivity contribution < 1.29 is 28.4 Å². The number of phosphoric acid groups is 1. The van der Waals surface area contributed by atoms with E-state index in [2.05, 4.69) is 55.6 Å². The predicted octanol–water partition coefficient (Wildman–Crippen LogP) is 14.1. The number of rotatable bonds is 45. The molecule has 0 radical (unpaired) electrons. The predicted molar refractivity (Wildman–Crippen MR) is 249 cm³/mol. The molecule has 3 unspecified atom stereocenters. The first-order valence-electron chi connectivity index (χ1n) is 24.3. The number of carbonyl (C=O) groups excluding carboxylic acids is 1. The van der Waals surface area contributed by atoms with Gasteiger partial charge in [-0.2, -0.15) is 0 Å². The third-order valence-corrected chi connectivity index (χ3v) is 11.6. The normalized spacial score (nSPS) is 14.4. The maximum absolute atomic E-state index is 12.8. The van der Waals surface area contributed by atoms with Gasteiger partial charge in [0.15, 0.2) is 0 Å². The van der Waals surface area contributed by atoms with Crippen LogP contribution >= 0.6 is 7.82 Å². The van der Waals surface area contributed by atoms with E-state index in [-0.39, 0.29) is 25.7 Å². The van der Waals surface area contributed by atoms with Crippen LogP contribution in [0.1, 0.15) is 226 Å². The lowest BCUT2D eigenvalue weighted by Gasteiger charge is -2.23. The summed E-state index contributed by atoms with van der Waals surface area (Å²) >= 11 is 0. The third kappa shape index (κ3) is 42.6. The van der Waals surface area contributed by atoms with Crippen molar-refractivity contribution in [2.75, 3.05) is 19.8 Å². The Morgan fingerprint density at radius 2 is 0.914 bits per heavy atom. The highest BCUT2D eigenvalue weighted by molar-refractivity contribution is 7.47. The Morgan fingerprint density at radius 1 is 0.552 bits per heavy atom. The lowest BCUT2D eigenvalue weighted by Crippen LogP contribution is -2.45. The van der Waals surface area contributed by atoms with E-state index in [0.29, 0.717) is 6.42 Å². The minimum Gasteiger partial charge on any atom is -0.387 e. The molecular weight excluding hydrogens is 744 g/mol. The number of hydrogen-bond donors (Lipinski definition) is 4. The summed E-state index contributed by atoms with van der Waals surface area (Å²) in [4.78, 5) is 22.8. The van der Waals surface area contributed by atoms with Crippen LogP contribution in [0, 0.1) is 0 Å². The van der Waals surface area contributed by atoms with Crippen molar-refractivity contribution in [3.8, 4) is 0 Å². The van der Waals surface area contributed by atoms with E-state index in [1.165, 1.54) is 161 Å². The average Bonchev–Trinajstić information content (AvgIpc) is 3.21. The summed E-state index contributed by atoms with van der Waals surface area (Å²) in [5, 5.41) is 13.7. The lowest BCUT2D eigenvalue weighted by molar-refractivity contribution is -0.123. The van der Waals surface area contributed by atoms with Gasteiger partial charge >= 0.3 is 7.82 Å². The zero-order valence-electron chi connectivity index (χ0n) is 37.8. The SMILES string of the molecule is CCCCCCCC/C=C/CC/C=C/CC/C=C/C(O)C(COP(=O)(O)OCCN)NC(=O)CCCCCCCCCCCCC/C=C\CCCCCCCCCC. The van der Waals surface area contributed by atoms with Gasteiger partial charge in [0.05, 0.1) is 25.4 Å². The van der Waals surface area contributed by atoms with Gasteiger partial charge in [0.1, 0.15) is 0 Å². The second kappa shape index (κ2) is 45.0. The molecule has 58 heavy (non-hydrogen) atoms. The van der Waals surface area contributed by atoms with Gasteiger partial charge < -0.3 is 21.1 Å². The van der Waals surface area contributed by atoms with Crippen molar-refractivity contribution in [3.63, 3.8) is 0 Å². The first-order valence-corrected chi connectivity index (χ1v) is 25.8. The summed E-state index contributed by atoms with van der Waals surface area (Å²) in [5.74, 6) is -0.209. The van der Waals surface area contributed by atoms with Gasteiger partial charge in [-0.25, -0.2) is 4.57 Å². The fraction of sp³-hybridized carbons (Fsp3) is 0.816. The highest BCUT2D eigenvalue weighted by Crippen LogP contribution is 2.43. The zero-order chi connectivity index (χ0) is 42.5. The van der Waals surface area contributed by atoms with Crippen LogP contribution in [0.5, 0.6) is 0 Å². The molecule has 5 N–H and O–H groups in total. The molecule has 0 aromatic rings. The molecule has 3 atom stereocenters. The Bertz CT molecular complexity index is 1050. The van der Waals surface area contributed by atoms with Crippen LogP contribution in [0.15, 0.2) is 48.6 Å². The smallest absolute Gasteiger partial charge is 0.387 e. The Labute approximate surface area is 358 Å². The van der Waals surface area contributed by atoms with E-state index in [4.69, 9.17) is 14.8 Å². The number of aliphatic hydroxyl groups excluding tert-OH is 1. The topological polar surface area (TPSA) is 131 Å². The maximum atomic E-state index is 12.8. The molecule has 0 aromatic heterocycles. The number of hydrogen-bond acceptors (Lipinski definition) is 6. The summed E-state index contributed by atoms with van der Waals surface area (Å²) in [6.07, 6.45) is 56.0. The second-order valence-electron chi connectivity index (χ2n) is 16.3. The molecule has 9 heteroatoms. The van der Waals surface area contributed by atoms with Gasteiger partial charge in [-0.15, -0.1) is 0 Å². The molecule has 0 rings (SSSR count). The van der Waals surface area contributed by atoms with Crippen molar-refractivity contribution >= 4 is 13.7 Å². The Balaban J connectivity index is 4.15. The second-order valence-corrected chi connectivity index (χ2v) is 17.7. The van der Waals surface area contributed by atoms with Crippen molar-refractivity contribution in [1.29, 1.82) is 0 Å². The number of aliphatic hydroxyl groups is 1. The largest absolute Gasteiger partial charge is 0.472 e. The number of carbonyl (C=O) groups is 1. The zero-order valence-corrected chi connectivity index (χ0v) is 38.7. The van der Waals surface area contributed by atoms with Gasteiger partial charge in [-0.05, 0) is 70.6 Å². The number of phosphoric ester groups is 1. The molecule has 0 spiro atoms. The van der Waals surface area contributed by atoms with Crippen LogP contribution < -0.4 is 11.1 Å². The molecule has 0 aliphatic carbocycles. The molecule has 1 amide bonds. The molecule has 0 aliphatic rings. The van der Waals surface area contributed by atoms with Crippen molar-refractivity contribution in [2.45, 2.75) is 238 Å². The van der Waals surface area contributed by atoms with E-state index < -0.39 is 20.0 Å². The summed E-state index contributed by atoms with van der Waals surface area (Å²) in [7, 11) is -4.35. The first kappa shape index (κ1) is 56.5. The number of nitrogens with two attached hydrogens (primary N) is 1. The standard InChI is InChI=1S/C49H93N2O6P/c1-3-5-7-9-11-13-15-17-19-21-22-23-24-25-26-27-29-31-33-35-37-39-41-43-49(53)51-47(46-57-58(54,55)56-45-44-50)48(52)42-40-38-36-34-32-30-28-20-18-16-14-12-10-8-6-4-2/h18,20-22,32,34,40,42,47-48,52H,3-17,19,23-31,33,35-39,41,43-46,50H2,1-2H3,(H,51,53)(H,54,55)/b20-18+,22-21-,34-32+,42-40+. The maximum Gasteiger partial charge on any atom is 0.472 e. The van der Waals surface area contributed by atoms with Crippen molar-refractivity contribution in [1.82, 2.24) is 5.32 Å². The minimum atomic E-state index is -4.35. The van der Waals surface area contributed by atoms with Crippen LogP contribution in [0.2, 0.25) is 0 Å². The molecule has 0 fully saturated rings. The molecule has 0 heterocycles. The average molecular weight is 837 g/mol. The van der Waals surface area contributed by atoms with Crippen molar-refractivity contribution in [2.24, 2.45) is 5.73 Å². The molecule has 0 aromatic carbocycles. The minimum absolute atomic E-state index is 0.0710. The molecule has 0 saturated carbocycles. The number of allylic oxidation sites excluding steroid dienone is 7. The van der Waals surface area contributed by atoms with E-state index in [1.54, 1.807) is 6.08 Å². The fourth-order valence-electron chi connectivity index (χ4n) is 6.92. The lowest BCUT2D eigenvalue weighted by atomic mass is 10.0. The first-order chi connectivity index (χ1) is 28.4. The van der Waals surface area contributed by atoms with Gasteiger partial charge in [0.2, 0.25) is 5.91 Å². The highest BCUT2D eigenvalue weighted by atomic mass is 31.2. The van der Waals surface area contributed by atoms with Crippen LogP contribution in [0.25, 0.3) is 0 Å². The summed E-state index contributed by atoms with van der Waals surface area (Å²) in [6.45, 7) is 4.11. The monoisotopic (exact) mass is 837 g/mol. The number of amides is 1. The Hall–Kier alpha value is -1.54. The molecule has 0 saturated heterocycles. The molecule has 8 nitrogen and oxygen atoms in total. The van der Waals surface area contributed by atoms with Gasteiger partial charge in [0.25, 0.3) is 0 Å². The van der Waals surface area contributed by atoms with E-state index in [9.17, 15) is 19.4 Å². The van der Waals surface area contributed by atoms with Gasteiger partial charge in [0, 0.05) is 13.0 Å². The molecule has 340 valence electrons. The summed E-state index contributed by atoms with van der Waals surface area (Å²) in [6, 6.07) is -0.884. The van der Waals surface area contributed by atoms with E-state index in [1.807, 2.05) is 6.08 Å². The van der Waals surface area contributed by atoms with Crippen LogP contribution in [-0.4, -0.2) is 47.8 Å². The quantitative estimate of drug-likeness (QED) is 0.0273.